The van der Waals surface area contributed by atoms with Crippen molar-refractivity contribution in [3.8, 4) is 0 Å². The van der Waals surface area contributed by atoms with Crippen LogP contribution in [0.15, 0.2) is 28.9 Å². The molecule has 0 spiro atoms. The number of nitrogens with zero attached hydrogens (tertiary/aromatic N) is 3. The zero-order valence-corrected chi connectivity index (χ0v) is 16.0. The second-order valence-electron chi connectivity index (χ2n) is 6.49. The number of rotatable bonds is 5. The Hall–Kier alpha value is -1.50. The summed E-state index contributed by atoms with van der Waals surface area (Å²) >= 11 is 3.54. The topological polar surface area (TPSA) is 49.2 Å². The van der Waals surface area contributed by atoms with Crippen molar-refractivity contribution in [2.24, 2.45) is 5.92 Å². The highest BCUT2D eigenvalue weighted by Crippen LogP contribution is 2.29. The maximum Gasteiger partial charge on any atom is 0.136 e. The lowest BCUT2D eigenvalue weighted by molar-refractivity contribution is 0.0603. The van der Waals surface area contributed by atoms with Crippen LogP contribution in [0, 0.1) is 5.92 Å². The largest absolute Gasteiger partial charge is 0.381 e. The van der Waals surface area contributed by atoms with Crippen molar-refractivity contribution in [3.05, 3.63) is 34.7 Å². The molecule has 6 heteroatoms. The zero-order chi connectivity index (χ0) is 17.2. The quantitative estimate of drug-likeness (QED) is 0.636. The number of imidazole rings is 1. The number of halogens is 1. The molecule has 1 fully saturated rings. The van der Waals surface area contributed by atoms with Gasteiger partial charge in [-0.25, -0.2) is 4.98 Å². The van der Waals surface area contributed by atoms with E-state index in [0.29, 0.717) is 19.1 Å². The predicted octanol–water partition coefficient (Wildman–Crippen LogP) is 4.31. The van der Waals surface area contributed by atoms with Gasteiger partial charge >= 0.3 is 0 Å². The Bertz CT molecular complexity index is 887. The Kier molecular flexibility index (Phi) is 5.01. The molecule has 0 unspecified atom stereocenters. The maximum atomic E-state index is 5.67. The third kappa shape index (κ3) is 3.43. The van der Waals surface area contributed by atoms with Crippen LogP contribution in [0.3, 0.4) is 0 Å². The zero-order valence-electron chi connectivity index (χ0n) is 14.4. The van der Waals surface area contributed by atoms with Crippen molar-refractivity contribution in [1.29, 1.82) is 0 Å². The molecule has 0 saturated carbocycles. The molecular formula is C19H22BrN3O2. The SMILES string of the molecule is CCOCc1nc2cnc3cc(Br)ccc3c2n1CC1CCOCC1. The lowest BCUT2D eigenvalue weighted by Crippen LogP contribution is -2.21. The molecule has 0 aliphatic carbocycles. The summed E-state index contributed by atoms with van der Waals surface area (Å²) in [6, 6.07) is 6.25. The Balaban J connectivity index is 1.84. The van der Waals surface area contributed by atoms with Crippen molar-refractivity contribution < 1.29 is 9.47 Å². The fraction of sp³-hybridized carbons (Fsp3) is 0.474. The highest BCUT2D eigenvalue weighted by Gasteiger charge is 2.20. The number of ether oxygens (including phenoxy) is 2. The van der Waals surface area contributed by atoms with Crippen LogP contribution in [0.25, 0.3) is 21.9 Å². The van der Waals surface area contributed by atoms with Crippen LogP contribution in [0.2, 0.25) is 0 Å². The van der Waals surface area contributed by atoms with Gasteiger partial charge in [-0.2, -0.15) is 0 Å². The van der Waals surface area contributed by atoms with Crippen LogP contribution in [0.4, 0.5) is 0 Å². The molecule has 1 aromatic carbocycles. The van der Waals surface area contributed by atoms with Gasteiger partial charge in [0.2, 0.25) is 0 Å². The van der Waals surface area contributed by atoms with Crippen molar-refractivity contribution >= 4 is 37.9 Å². The van der Waals surface area contributed by atoms with E-state index in [1.165, 1.54) is 5.52 Å². The average Bonchev–Trinajstić information content (AvgIpc) is 2.98. The van der Waals surface area contributed by atoms with Crippen LogP contribution < -0.4 is 0 Å². The predicted molar refractivity (Wildman–Crippen MR) is 102 cm³/mol. The molecule has 4 rings (SSSR count). The first kappa shape index (κ1) is 16.9. The summed E-state index contributed by atoms with van der Waals surface area (Å²) in [5, 5.41) is 1.14. The van der Waals surface area contributed by atoms with E-state index in [4.69, 9.17) is 14.5 Å². The van der Waals surface area contributed by atoms with Crippen molar-refractivity contribution in [2.45, 2.75) is 32.9 Å². The van der Waals surface area contributed by atoms with E-state index in [9.17, 15) is 0 Å². The first-order valence-corrected chi connectivity index (χ1v) is 9.64. The van der Waals surface area contributed by atoms with E-state index in [2.05, 4.69) is 43.7 Å². The monoisotopic (exact) mass is 403 g/mol. The van der Waals surface area contributed by atoms with Crippen molar-refractivity contribution in [1.82, 2.24) is 14.5 Å². The van der Waals surface area contributed by atoms with Gasteiger partial charge in [0.1, 0.15) is 17.9 Å². The second kappa shape index (κ2) is 7.40. The number of aromatic nitrogens is 3. The van der Waals surface area contributed by atoms with E-state index in [1.807, 2.05) is 13.1 Å². The third-order valence-corrected chi connectivity index (χ3v) is 5.32. The molecule has 0 bridgehead atoms. The summed E-state index contributed by atoms with van der Waals surface area (Å²) in [7, 11) is 0. The smallest absolute Gasteiger partial charge is 0.136 e. The molecule has 132 valence electrons. The highest BCUT2D eigenvalue weighted by atomic mass is 79.9. The van der Waals surface area contributed by atoms with Gasteiger partial charge in [-0.1, -0.05) is 15.9 Å². The molecular weight excluding hydrogens is 382 g/mol. The number of benzene rings is 1. The Morgan fingerprint density at radius 3 is 2.92 bits per heavy atom. The molecule has 1 aliphatic rings. The Morgan fingerprint density at radius 1 is 1.28 bits per heavy atom. The first-order chi connectivity index (χ1) is 12.3. The van der Waals surface area contributed by atoms with Gasteiger partial charge in [0.05, 0.1) is 17.2 Å². The van der Waals surface area contributed by atoms with Gasteiger partial charge < -0.3 is 14.0 Å². The summed E-state index contributed by atoms with van der Waals surface area (Å²) in [5.41, 5.74) is 3.09. The first-order valence-electron chi connectivity index (χ1n) is 8.85. The van der Waals surface area contributed by atoms with Crippen LogP contribution in [0.1, 0.15) is 25.6 Å². The molecule has 1 aliphatic heterocycles. The molecule has 3 aromatic rings. The molecule has 0 amide bonds. The molecule has 1 saturated heterocycles. The van der Waals surface area contributed by atoms with Gasteiger partial charge in [0.15, 0.2) is 0 Å². The minimum Gasteiger partial charge on any atom is -0.381 e. The number of hydrogen-bond acceptors (Lipinski definition) is 4. The van der Waals surface area contributed by atoms with Gasteiger partial charge in [-0.05, 0) is 43.9 Å². The van der Waals surface area contributed by atoms with Gasteiger partial charge in [0, 0.05) is 36.2 Å². The Morgan fingerprint density at radius 2 is 2.12 bits per heavy atom. The normalized spacial score (nSPS) is 16.1. The molecule has 0 radical (unpaired) electrons. The Labute approximate surface area is 155 Å². The van der Waals surface area contributed by atoms with Gasteiger partial charge in [-0.3, -0.25) is 4.98 Å². The summed E-state index contributed by atoms with van der Waals surface area (Å²) in [6.45, 7) is 5.90. The van der Waals surface area contributed by atoms with E-state index in [1.54, 1.807) is 0 Å². The van der Waals surface area contributed by atoms with E-state index >= 15 is 0 Å². The average molecular weight is 404 g/mol. The molecule has 0 atom stereocenters. The fourth-order valence-corrected chi connectivity index (χ4v) is 3.87. The minimum atomic E-state index is 0.534. The highest BCUT2D eigenvalue weighted by molar-refractivity contribution is 9.10. The van der Waals surface area contributed by atoms with Crippen LogP contribution in [-0.4, -0.2) is 34.4 Å². The van der Waals surface area contributed by atoms with Gasteiger partial charge in [0.25, 0.3) is 0 Å². The van der Waals surface area contributed by atoms with Crippen LogP contribution in [-0.2, 0) is 22.6 Å². The molecule has 2 aromatic heterocycles. The summed E-state index contributed by atoms with van der Waals surface area (Å²) < 4.78 is 14.6. The van der Waals surface area contributed by atoms with Crippen LogP contribution >= 0.6 is 15.9 Å². The van der Waals surface area contributed by atoms with E-state index in [-0.39, 0.29) is 0 Å². The number of pyridine rings is 1. The molecule has 3 heterocycles. The summed E-state index contributed by atoms with van der Waals surface area (Å²) in [4.78, 5) is 9.41. The van der Waals surface area contributed by atoms with Crippen molar-refractivity contribution in [3.63, 3.8) is 0 Å². The summed E-state index contributed by atoms with van der Waals surface area (Å²) in [5.74, 6) is 1.60. The maximum absolute atomic E-state index is 5.67. The molecule has 25 heavy (non-hydrogen) atoms. The number of fused-ring (bicyclic) bond motifs is 3. The van der Waals surface area contributed by atoms with E-state index < -0.39 is 0 Å². The minimum absolute atomic E-state index is 0.534. The standard InChI is InChI=1S/C19H22BrN3O2/c1-2-24-12-18-22-17-10-21-16-9-14(20)3-4-15(16)19(17)23(18)11-13-5-7-25-8-6-13/h3-4,9-10,13H,2,5-8,11-12H2,1H3. The molecule has 5 nitrogen and oxygen atoms in total. The fourth-order valence-electron chi connectivity index (χ4n) is 3.52. The lowest BCUT2D eigenvalue weighted by atomic mass is 10.00. The van der Waals surface area contributed by atoms with Crippen LogP contribution in [0.5, 0.6) is 0 Å². The van der Waals surface area contributed by atoms with Gasteiger partial charge in [-0.15, -0.1) is 0 Å². The summed E-state index contributed by atoms with van der Waals surface area (Å²) in [6.07, 6.45) is 4.07. The second-order valence-corrected chi connectivity index (χ2v) is 7.40. The molecule has 0 N–H and O–H groups in total. The van der Waals surface area contributed by atoms with E-state index in [0.717, 1.165) is 59.3 Å². The lowest BCUT2D eigenvalue weighted by Gasteiger charge is -2.23. The van der Waals surface area contributed by atoms with Crippen molar-refractivity contribution in [2.75, 3.05) is 19.8 Å². The third-order valence-electron chi connectivity index (χ3n) is 4.83. The number of hydrogen-bond donors (Lipinski definition) is 0.